The second-order valence-corrected chi connectivity index (χ2v) is 9.38. The van der Waals surface area contributed by atoms with E-state index >= 15 is 0 Å². The Morgan fingerprint density at radius 2 is 1.75 bits per heavy atom. The van der Waals surface area contributed by atoms with Crippen molar-refractivity contribution in [3.63, 3.8) is 0 Å². The zero-order chi connectivity index (χ0) is 19.3. The Balaban J connectivity index is 1.34. The first-order valence-corrected chi connectivity index (χ1v) is 11.2. The van der Waals surface area contributed by atoms with E-state index in [2.05, 4.69) is 30.0 Å². The van der Waals surface area contributed by atoms with Gasteiger partial charge in [-0.15, -0.1) is 11.3 Å². The molecule has 0 unspecified atom stereocenters. The number of amides is 1. The van der Waals surface area contributed by atoms with Crippen LogP contribution < -0.4 is 4.90 Å². The average molecular weight is 428 g/mol. The van der Waals surface area contributed by atoms with Gasteiger partial charge in [0.1, 0.15) is 4.88 Å². The van der Waals surface area contributed by atoms with Crippen molar-refractivity contribution in [2.24, 2.45) is 0 Å². The lowest BCUT2D eigenvalue weighted by Crippen LogP contribution is -2.48. The van der Waals surface area contributed by atoms with Gasteiger partial charge in [0.25, 0.3) is 5.91 Å². The number of hydrogen-bond donors (Lipinski definition) is 0. The number of piperazine rings is 1. The Hall–Kier alpha value is -2.15. The van der Waals surface area contributed by atoms with Gasteiger partial charge < -0.3 is 9.80 Å². The maximum Gasteiger partial charge on any atom is 0.265 e. The summed E-state index contributed by atoms with van der Waals surface area (Å²) in [5.41, 5.74) is 2.28. The second-order valence-electron chi connectivity index (χ2n) is 6.94. The molecule has 0 bridgehead atoms. The zero-order valence-corrected chi connectivity index (χ0v) is 17.7. The lowest BCUT2D eigenvalue weighted by molar-refractivity contribution is 0.0752. The summed E-state index contributed by atoms with van der Waals surface area (Å²) in [5, 5.41) is 2.58. The molecule has 4 nitrogen and oxygen atoms in total. The maximum absolute atomic E-state index is 13.0. The Morgan fingerprint density at radius 1 is 1.00 bits per heavy atom. The number of rotatable bonds is 2. The summed E-state index contributed by atoms with van der Waals surface area (Å²) in [6.07, 6.45) is 0. The summed E-state index contributed by atoms with van der Waals surface area (Å²) in [4.78, 5) is 22.7. The van der Waals surface area contributed by atoms with E-state index in [1.165, 1.54) is 21.6 Å². The highest BCUT2D eigenvalue weighted by atomic mass is 35.5. The normalized spacial score (nSPS) is 14.9. The molecule has 3 heterocycles. The topological polar surface area (TPSA) is 36.4 Å². The predicted molar refractivity (Wildman–Crippen MR) is 119 cm³/mol. The van der Waals surface area contributed by atoms with E-state index in [1.54, 1.807) is 11.3 Å². The molecule has 1 aliphatic rings. The number of carbonyl (C=O) groups is 1. The van der Waals surface area contributed by atoms with Gasteiger partial charge in [0.05, 0.1) is 15.2 Å². The van der Waals surface area contributed by atoms with Crippen LogP contribution in [0.25, 0.3) is 20.3 Å². The number of anilines is 1. The van der Waals surface area contributed by atoms with Crippen LogP contribution >= 0.6 is 34.3 Å². The Kier molecular flexibility index (Phi) is 4.50. The predicted octanol–water partition coefficient (Wildman–Crippen LogP) is 5.44. The molecule has 142 valence electrons. The highest BCUT2D eigenvalue weighted by molar-refractivity contribution is 7.22. The van der Waals surface area contributed by atoms with Crippen molar-refractivity contribution in [2.75, 3.05) is 31.1 Å². The molecule has 0 atom stereocenters. The Morgan fingerprint density at radius 3 is 2.50 bits per heavy atom. The number of fused-ring (bicyclic) bond motifs is 2. The summed E-state index contributed by atoms with van der Waals surface area (Å²) in [6.45, 7) is 5.02. The molecule has 1 fully saturated rings. The summed E-state index contributed by atoms with van der Waals surface area (Å²) in [6, 6.07) is 14.2. The summed E-state index contributed by atoms with van der Waals surface area (Å²) >= 11 is 9.70. The number of hydrogen-bond acceptors (Lipinski definition) is 5. The highest BCUT2D eigenvalue weighted by Crippen LogP contribution is 2.36. The van der Waals surface area contributed by atoms with E-state index in [1.807, 2.05) is 29.2 Å². The first-order valence-electron chi connectivity index (χ1n) is 9.19. The fraction of sp³-hybridized carbons (Fsp3) is 0.238. The minimum absolute atomic E-state index is 0.0333. The number of benzene rings is 2. The van der Waals surface area contributed by atoms with Gasteiger partial charge in [-0.25, -0.2) is 4.98 Å². The molecule has 1 saturated heterocycles. The molecule has 0 radical (unpaired) electrons. The number of aryl methyl sites for hydroxylation is 1. The minimum atomic E-state index is 0.0333. The molecule has 28 heavy (non-hydrogen) atoms. The van der Waals surface area contributed by atoms with E-state index in [9.17, 15) is 4.79 Å². The van der Waals surface area contributed by atoms with E-state index in [0.717, 1.165) is 33.8 Å². The number of para-hydroxylation sites is 1. The number of thiazole rings is 1. The van der Waals surface area contributed by atoms with Crippen LogP contribution in [0.5, 0.6) is 0 Å². The van der Waals surface area contributed by atoms with Crippen LogP contribution in [0.15, 0.2) is 42.5 Å². The molecule has 2 aromatic heterocycles. The summed E-state index contributed by atoms with van der Waals surface area (Å²) in [7, 11) is 0. The van der Waals surface area contributed by atoms with Crippen molar-refractivity contribution >= 4 is 65.6 Å². The Bertz CT molecular complexity index is 1190. The van der Waals surface area contributed by atoms with Crippen LogP contribution in [0.1, 0.15) is 15.2 Å². The van der Waals surface area contributed by atoms with Crippen LogP contribution in [0.2, 0.25) is 5.02 Å². The van der Waals surface area contributed by atoms with Crippen molar-refractivity contribution in [3.05, 3.63) is 57.9 Å². The first-order chi connectivity index (χ1) is 13.6. The third-order valence-electron chi connectivity index (χ3n) is 5.18. The van der Waals surface area contributed by atoms with Crippen LogP contribution in [0, 0.1) is 6.92 Å². The molecule has 1 amide bonds. The fourth-order valence-electron chi connectivity index (χ4n) is 3.61. The smallest absolute Gasteiger partial charge is 0.265 e. The molecule has 0 aliphatic carbocycles. The molecule has 4 aromatic rings. The molecule has 2 aromatic carbocycles. The molecule has 0 spiro atoms. The van der Waals surface area contributed by atoms with Gasteiger partial charge >= 0.3 is 0 Å². The van der Waals surface area contributed by atoms with Crippen LogP contribution in [0.3, 0.4) is 0 Å². The lowest BCUT2D eigenvalue weighted by Gasteiger charge is -2.34. The van der Waals surface area contributed by atoms with Gasteiger partial charge in [0.15, 0.2) is 5.13 Å². The third kappa shape index (κ3) is 2.96. The molecule has 7 heteroatoms. The zero-order valence-electron chi connectivity index (χ0n) is 15.3. The molecular weight excluding hydrogens is 410 g/mol. The molecular formula is C21H18ClN3OS2. The van der Waals surface area contributed by atoms with Crippen molar-refractivity contribution in [2.45, 2.75) is 6.92 Å². The van der Waals surface area contributed by atoms with Crippen LogP contribution in [0.4, 0.5) is 5.13 Å². The van der Waals surface area contributed by atoms with Gasteiger partial charge in [0.2, 0.25) is 0 Å². The van der Waals surface area contributed by atoms with Crippen molar-refractivity contribution in [3.8, 4) is 0 Å². The fourth-order valence-corrected chi connectivity index (χ4v) is 6.18. The van der Waals surface area contributed by atoms with Crippen LogP contribution in [-0.2, 0) is 0 Å². The number of nitrogens with zero attached hydrogens (tertiary/aromatic N) is 3. The van der Waals surface area contributed by atoms with Gasteiger partial charge in [-0.2, -0.15) is 0 Å². The van der Waals surface area contributed by atoms with Gasteiger partial charge in [0, 0.05) is 36.3 Å². The van der Waals surface area contributed by atoms with Crippen molar-refractivity contribution in [1.29, 1.82) is 0 Å². The third-order valence-corrected chi connectivity index (χ3v) is 7.92. The van der Waals surface area contributed by atoms with Crippen LogP contribution in [-0.4, -0.2) is 42.0 Å². The number of aromatic nitrogens is 1. The monoisotopic (exact) mass is 427 g/mol. The van der Waals surface area contributed by atoms with E-state index in [4.69, 9.17) is 16.6 Å². The molecule has 0 N–H and O–H groups in total. The van der Waals surface area contributed by atoms with Gasteiger partial charge in [-0.3, -0.25) is 4.79 Å². The molecule has 5 rings (SSSR count). The number of halogens is 1. The minimum Gasteiger partial charge on any atom is -0.345 e. The van der Waals surface area contributed by atoms with E-state index in [0.29, 0.717) is 23.0 Å². The average Bonchev–Trinajstić information content (AvgIpc) is 3.31. The van der Waals surface area contributed by atoms with Gasteiger partial charge in [-0.1, -0.05) is 53.3 Å². The first kappa shape index (κ1) is 17.9. The largest absolute Gasteiger partial charge is 0.345 e. The summed E-state index contributed by atoms with van der Waals surface area (Å²) < 4.78 is 2.27. The van der Waals surface area contributed by atoms with E-state index < -0.39 is 0 Å². The second kappa shape index (κ2) is 7.03. The Labute approximate surface area is 176 Å². The quantitative estimate of drug-likeness (QED) is 0.427. The number of thiophene rings is 1. The number of carbonyl (C=O) groups excluding carboxylic acids is 1. The standard InChI is InChI=1S/C21H18ClN3OS2/c1-13-5-4-8-16-18(13)23-21(28-16)25-11-9-24(10-12-25)20(26)19-17(22)14-6-2-3-7-15(14)27-19/h2-8H,9-12H2,1H3. The lowest BCUT2D eigenvalue weighted by atomic mass is 10.2. The SMILES string of the molecule is Cc1cccc2sc(N3CCN(C(=O)c4sc5ccccc5c4Cl)CC3)nc12. The molecule has 1 aliphatic heterocycles. The van der Waals surface area contributed by atoms with Crippen molar-refractivity contribution < 1.29 is 4.79 Å². The van der Waals surface area contributed by atoms with Gasteiger partial charge in [-0.05, 0) is 24.6 Å². The highest BCUT2D eigenvalue weighted by Gasteiger charge is 2.27. The summed E-state index contributed by atoms with van der Waals surface area (Å²) in [5.74, 6) is 0.0333. The molecule has 0 saturated carbocycles. The van der Waals surface area contributed by atoms with E-state index in [-0.39, 0.29) is 5.91 Å². The van der Waals surface area contributed by atoms with Crippen molar-refractivity contribution in [1.82, 2.24) is 9.88 Å². The maximum atomic E-state index is 13.0.